The van der Waals surface area contributed by atoms with Gasteiger partial charge in [0.15, 0.2) is 0 Å². The van der Waals surface area contributed by atoms with Gasteiger partial charge in [-0.15, -0.1) is 0 Å². The molecule has 0 unspecified atom stereocenters. The van der Waals surface area contributed by atoms with E-state index in [2.05, 4.69) is 49.4 Å². The van der Waals surface area contributed by atoms with Crippen LogP contribution in [0.2, 0.25) is 0 Å². The molecule has 0 saturated carbocycles. The van der Waals surface area contributed by atoms with Gasteiger partial charge in [-0.2, -0.15) is 0 Å². The zero-order valence-electron chi connectivity index (χ0n) is 16.0. The van der Waals surface area contributed by atoms with Crippen molar-refractivity contribution in [2.45, 2.75) is 13.3 Å². The first kappa shape index (κ1) is 16.3. The molecule has 6 rings (SSSR count). The second kappa shape index (κ2) is 5.89. The predicted molar refractivity (Wildman–Crippen MR) is 120 cm³/mol. The predicted octanol–water partition coefficient (Wildman–Crippen LogP) is 5.82. The maximum Gasteiger partial charge on any atom is 0.264 e. The topological polar surface area (TPSA) is 34.4 Å². The van der Waals surface area contributed by atoms with Gasteiger partial charge < -0.3 is 0 Å². The molecule has 0 amide bonds. The fourth-order valence-electron chi connectivity index (χ4n) is 4.62. The molecule has 2 heterocycles. The first-order valence-corrected chi connectivity index (χ1v) is 9.94. The number of aryl methyl sites for hydroxylation is 1. The Balaban J connectivity index is 1.91. The van der Waals surface area contributed by atoms with Crippen LogP contribution >= 0.6 is 0 Å². The van der Waals surface area contributed by atoms with Gasteiger partial charge in [-0.05, 0) is 52.8 Å². The van der Waals surface area contributed by atoms with Crippen molar-refractivity contribution in [3.8, 4) is 11.1 Å². The molecule has 0 spiro atoms. The number of aromatic nitrogens is 2. The molecular weight excluding hydrogens is 356 g/mol. The number of fused-ring (bicyclic) bond motifs is 4. The lowest BCUT2D eigenvalue weighted by atomic mass is 9.90. The Morgan fingerprint density at radius 1 is 0.793 bits per heavy atom. The summed E-state index contributed by atoms with van der Waals surface area (Å²) in [5.41, 5.74) is 6.03. The van der Waals surface area contributed by atoms with Gasteiger partial charge in [0.25, 0.3) is 5.56 Å². The van der Waals surface area contributed by atoms with Crippen LogP contribution < -0.4 is 5.56 Å². The molecule has 4 aromatic carbocycles. The molecule has 0 aliphatic heterocycles. The van der Waals surface area contributed by atoms with Crippen molar-refractivity contribution in [2.24, 2.45) is 0 Å². The van der Waals surface area contributed by atoms with E-state index in [1.807, 2.05) is 36.4 Å². The molecule has 2 aromatic heterocycles. The summed E-state index contributed by atoms with van der Waals surface area (Å²) in [7, 11) is 0. The highest BCUT2D eigenvalue weighted by Gasteiger charge is 2.19. The fraction of sp³-hybridized carbons (Fsp3) is 0.0769. The van der Waals surface area contributed by atoms with Gasteiger partial charge in [0.1, 0.15) is 5.65 Å². The third-order valence-corrected chi connectivity index (χ3v) is 5.95. The van der Waals surface area contributed by atoms with Crippen LogP contribution in [0.15, 0.2) is 83.7 Å². The second-order valence-electron chi connectivity index (χ2n) is 7.47. The Morgan fingerprint density at radius 2 is 1.55 bits per heavy atom. The molecule has 3 nitrogen and oxygen atoms in total. The summed E-state index contributed by atoms with van der Waals surface area (Å²) in [5, 5.41) is 3.97. The van der Waals surface area contributed by atoms with E-state index in [9.17, 15) is 4.79 Å². The first-order chi connectivity index (χ1) is 14.3. The Bertz CT molecular complexity index is 1600. The monoisotopic (exact) mass is 374 g/mol. The maximum atomic E-state index is 13.5. The van der Waals surface area contributed by atoms with Crippen LogP contribution in [0.4, 0.5) is 0 Å². The summed E-state index contributed by atoms with van der Waals surface area (Å²) < 4.78 is 1.76. The zero-order valence-corrected chi connectivity index (χ0v) is 16.0. The molecular formula is C26H18N2O. The third-order valence-electron chi connectivity index (χ3n) is 5.95. The first-order valence-electron chi connectivity index (χ1n) is 9.94. The summed E-state index contributed by atoms with van der Waals surface area (Å²) in [6.45, 7) is 2.17. The van der Waals surface area contributed by atoms with Gasteiger partial charge in [-0.3, -0.25) is 9.20 Å². The van der Waals surface area contributed by atoms with Gasteiger partial charge in [0.2, 0.25) is 0 Å². The number of nitrogens with zero attached hydrogens (tertiary/aromatic N) is 2. The molecule has 6 aromatic rings. The number of hydrogen-bond acceptors (Lipinski definition) is 2. The van der Waals surface area contributed by atoms with Crippen molar-refractivity contribution in [1.29, 1.82) is 0 Å². The van der Waals surface area contributed by atoms with Crippen molar-refractivity contribution in [3.05, 3.63) is 94.8 Å². The lowest BCUT2D eigenvalue weighted by Crippen LogP contribution is -2.13. The molecule has 0 N–H and O–H groups in total. The van der Waals surface area contributed by atoms with E-state index in [1.54, 1.807) is 4.40 Å². The SMILES string of the molecule is CCc1ccc2c(=O)n3c4ccccc4nc3c3ccc(-c4ccccc4)c1c23. The van der Waals surface area contributed by atoms with E-state index in [1.165, 1.54) is 16.5 Å². The smallest absolute Gasteiger partial charge is 0.264 e. The second-order valence-corrected chi connectivity index (χ2v) is 7.47. The minimum absolute atomic E-state index is 0.000866. The minimum Gasteiger partial charge on any atom is -0.268 e. The standard InChI is InChI=1S/C26H18N2O/c1-2-16-12-13-20-24-19(15-14-18(23(16)24)17-8-4-3-5-9-17)25-27-21-10-6-7-11-22(21)28(25)26(20)29/h3-15H,2H2,1H3. The van der Waals surface area contributed by atoms with E-state index in [0.717, 1.165) is 44.8 Å². The van der Waals surface area contributed by atoms with Crippen molar-refractivity contribution < 1.29 is 0 Å². The molecule has 138 valence electrons. The lowest BCUT2D eigenvalue weighted by molar-refractivity contribution is 1.16. The molecule has 0 aliphatic rings. The number of rotatable bonds is 2. The minimum atomic E-state index is -0.000866. The van der Waals surface area contributed by atoms with Crippen molar-refractivity contribution in [1.82, 2.24) is 9.38 Å². The summed E-state index contributed by atoms with van der Waals surface area (Å²) >= 11 is 0. The van der Waals surface area contributed by atoms with Gasteiger partial charge in [0.05, 0.1) is 11.0 Å². The quantitative estimate of drug-likeness (QED) is 0.383. The van der Waals surface area contributed by atoms with Crippen LogP contribution in [0, 0.1) is 0 Å². The van der Waals surface area contributed by atoms with Crippen molar-refractivity contribution >= 4 is 38.2 Å². The summed E-state index contributed by atoms with van der Waals surface area (Å²) in [6.07, 6.45) is 0.907. The van der Waals surface area contributed by atoms with Gasteiger partial charge in [0, 0.05) is 16.2 Å². The lowest BCUT2D eigenvalue weighted by Gasteiger charge is -2.15. The maximum absolute atomic E-state index is 13.5. The number of imidazole rings is 1. The fourth-order valence-corrected chi connectivity index (χ4v) is 4.62. The highest BCUT2D eigenvalue weighted by atomic mass is 16.1. The number of pyridine rings is 1. The molecule has 0 bridgehead atoms. The third kappa shape index (κ3) is 2.13. The van der Waals surface area contributed by atoms with Crippen LogP contribution in [0.1, 0.15) is 12.5 Å². The number of benzene rings is 4. The van der Waals surface area contributed by atoms with E-state index < -0.39 is 0 Å². The van der Waals surface area contributed by atoms with E-state index in [0.29, 0.717) is 0 Å². The van der Waals surface area contributed by atoms with Gasteiger partial charge in [-0.1, -0.05) is 61.5 Å². The van der Waals surface area contributed by atoms with Crippen molar-refractivity contribution in [3.63, 3.8) is 0 Å². The van der Waals surface area contributed by atoms with Crippen LogP contribution in [-0.4, -0.2) is 9.38 Å². The normalized spacial score (nSPS) is 11.9. The number of hydrogen-bond donors (Lipinski definition) is 0. The molecule has 0 radical (unpaired) electrons. The molecule has 3 heteroatoms. The summed E-state index contributed by atoms with van der Waals surface area (Å²) in [4.78, 5) is 18.4. The van der Waals surface area contributed by atoms with Crippen LogP contribution in [0.3, 0.4) is 0 Å². The molecule has 0 saturated heterocycles. The zero-order chi connectivity index (χ0) is 19.5. The van der Waals surface area contributed by atoms with Crippen molar-refractivity contribution in [2.75, 3.05) is 0 Å². The van der Waals surface area contributed by atoms with Crippen LogP contribution in [0.25, 0.3) is 49.4 Å². The molecule has 29 heavy (non-hydrogen) atoms. The van der Waals surface area contributed by atoms with Gasteiger partial charge in [-0.25, -0.2) is 4.98 Å². The highest BCUT2D eigenvalue weighted by molar-refractivity contribution is 6.20. The van der Waals surface area contributed by atoms with Crippen LogP contribution in [-0.2, 0) is 6.42 Å². The summed E-state index contributed by atoms with van der Waals surface area (Å²) in [5.74, 6) is 0. The average Bonchev–Trinajstić information content (AvgIpc) is 3.17. The van der Waals surface area contributed by atoms with Gasteiger partial charge >= 0.3 is 0 Å². The Labute approximate surface area is 167 Å². The molecule has 0 atom stereocenters. The Hall–Kier alpha value is -3.72. The summed E-state index contributed by atoms with van der Waals surface area (Å²) in [6, 6.07) is 26.6. The Kier molecular flexibility index (Phi) is 3.30. The average molecular weight is 374 g/mol. The Morgan fingerprint density at radius 3 is 2.38 bits per heavy atom. The van der Waals surface area contributed by atoms with Crippen LogP contribution in [0.5, 0.6) is 0 Å². The van der Waals surface area contributed by atoms with E-state index in [-0.39, 0.29) is 5.56 Å². The molecule has 0 aliphatic carbocycles. The van der Waals surface area contributed by atoms with E-state index >= 15 is 0 Å². The van der Waals surface area contributed by atoms with E-state index in [4.69, 9.17) is 4.98 Å². The number of para-hydroxylation sites is 2. The highest BCUT2D eigenvalue weighted by Crippen LogP contribution is 2.38. The largest absolute Gasteiger partial charge is 0.268 e. The molecule has 0 fully saturated rings.